The molecule has 0 bridgehead atoms. The molecular weight excluding hydrogens is 1140 g/mol. The predicted octanol–water partition coefficient (Wildman–Crippen LogP) is 12.0. The number of rotatable bonds is 16. The van der Waals surface area contributed by atoms with Crippen molar-refractivity contribution in [3.63, 3.8) is 0 Å². The molecule has 8 rings (SSSR count). The van der Waals surface area contributed by atoms with E-state index >= 15 is 8.78 Å². The Kier molecular flexibility index (Phi) is 23.6. The first-order valence-corrected chi connectivity index (χ1v) is 35.4. The van der Waals surface area contributed by atoms with E-state index in [1.165, 1.54) is 37.8 Å². The van der Waals surface area contributed by atoms with Crippen LogP contribution in [-0.4, -0.2) is 135 Å². The van der Waals surface area contributed by atoms with Crippen LogP contribution < -0.4 is 20.9 Å². The zero-order chi connectivity index (χ0) is 61.8. The zero-order valence-electron chi connectivity index (χ0n) is 51.2. The molecule has 0 radical (unpaired) electrons. The van der Waals surface area contributed by atoms with Gasteiger partial charge in [0.15, 0.2) is 28.2 Å². The van der Waals surface area contributed by atoms with Crippen molar-refractivity contribution >= 4 is 69.6 Å². The van der Waals surface area contributed by atoms with Gasteiger partial charge in [0.2, 0.25) is 11.8 Å². The topological polar surface area (TPSA) is 208 Å². The first-order chi connectivity index (χ1) is 39.4. The normalized spacial score (nSPS) is 22.4. The number of amides is 4. The van der Waals surface area contributed by atoms with E-state index in [9.17, 15) is 24.0 Å². The Balaban J connectivity index is 0.000000226. The Labute approximate surface area is 501 Å². The summed E-state index contributed by atoms with van der Waals surface area (Å²) in [5.41, 5.74) is 2.91. The summed E-state index contributed by atoms with van der Waals surface area (Å²) in [4.78, 5) is 58.0. The Morgan fingerprint density at radius 1 is 0.726 bits per heavy atom. The molecule has 2 saturated carbocycles. The summed E-state index contributed by atoms with van der Waals surface area (Å²) in [6.07, 6.45) is 1.36. The molecule has 23 heteroatoms. The molecule has 3 N–H and O–H groups in total. The number of carbonyl (C=O) groups is 5. The zero-order valence-corrected chi connectivity index (χ0v) is 54.0. The van der Waals surface area contributed by atoms with Gasteiger partial charge in [0, 0.05) is 39.3 Å². The van der Waals surface area contributed by atoms with E-state index in [4.69, 9.17) is 53.6 Å². The number of anilines is 2. The molecule has 3 aliphatic heterocycles. The maximum Gasteiger partial charge on any atom is 0.414 e. The molecule has 3 aromatic carbocycles. The lowest BCUT2D eigenvalue weighted by Crippen LogP contribution is -2.55. The highest BCUT2D eigenvalue weighted by Crippen LogP contribution is 2.50. The Hall–Kier alpha value is -5.05. The minimum atomic E-state index is -2.12. The van der Waals surface area contributed by atoms with Crippen LogP contribution in [-0.2, 0) is 63.0 Å². The van der Waals surface area contributed by atoms with Gasteiger partial charge in [-0.2, -0.15) is 0 Å². The molecule has 18 nitrogen and oxygen atoms in total. The van der Waals surface area contributed by atoms with Crippen LogP contribution in [0.3, 0.4) is 0 Å². The number of ether oxygens (including phenoxy) is 7. The number of alkyl halides is 1. The predicted molar refractivity (Wildman–Crippen MR) is 321 cm³/mol. The van der Waals surface area contributed by atoms with Crippen molar-refractivity contribution in [3.05, 3.63) is 95.1 Å². The summed E-state index contributed by atoms with van der Waals surface area (Å²) in [6, 6.07) is 19.2. The number of benzene rings is 3. The van der Waals surface area contributed by atoms with Gasteiger partial charge in [-0.15, -0.1) is 11.6 Å². The second-order valence-electron chi connectivity index (χ2n) is 25.2. The number of nitrogens with zero attached hydrogens (tertiary/aromatic N) is 1. The third-order valence-electron chi connectivity index (χ3n) is 16.9. The van der Waals surface area contributed by atoms with Crippen LogP contribution in [0.2, 0.25) is 36.3 Å². The molecule has 0 unspecified atom stereocenters. The first kappa shape index (κ1) is 68.1. The van der Waals surface area contributed by atoms with Crippen molar-refractivity contribution in [2.24, 2.45) is 0 Å². The van der Waals surface area contributed by atoms with Crippen molar-refractivity contribution in [1.29, 1.82) is 0 Å². The van der Waals surface area contributed by atoms with Crippen LogP contribution >= 0.6 is 11.6 Å². The largest absolute Gasteiger partial charge is 0.459 e. The van der Waals surface area contributed by atoms with Gasteiger partial charge >= 0.3 is 18.2 Å². The molecule has 3 heterocycles. The van der Waals surface area contributed by atoms with Gasteiger partial charge in [0.05, 0.1) is 69.8 Å². The second-order valence-corrected chi connectivity index (χ2v) is 35.0. The number of cyclic esters (lactones) is 1. The van der Waals surface area contributed by atoms with Crippen molar-refractivity contribution in [1.82, 2.24) is 10.6 Å². The van der Waals surface area contributed by atoms with Crippen molar-refractivity contribution in [2.45, 2.75) is 192 Å². The number of halogens is 3. The molecule has 6 atom stereocenters. The van der Waals surface area contributed by atoms with Crippen LogP contribution in [0.15, 0.2) is 66.7 Å². The Morgan fingerprint density at radius 3 is 1.68 bits per heavy atom. The molecule has 2 spiro atoms. The average molecular weight is 1230 g/mol. The fraction of sp³-hybridized carbons (Fsp3) is 0.623. The first-order valence-electron chi connectivity index (χ1n) is 29.0. The molecule has 3 saturated heterocycles. The number of carbonyl (C=O) groups excluding carboxylic acids is 5. The lowest BCUT2D eigenvalue weighted by molar-refractivity contribution is -0.233. The monoisotopic (exact) mass is 1230 g/mol. The van der Waals surface area contributed by atoms with Gasteiger partial charge in [0.1, 0.15) is 30.4 Å². The van der Waals surface area contributed by atoms with Crippen LogP contribution in [0.1, 0.15) is 129 Å². The van der Waals surface area contributed by atoms with E-state index in [-0.39, 0.29) is 89.7 Å². The maximum absolute atomic E-state index is 15.5. The fourth-order valence-corrected chi connectivity index (χ4v) is 13.1. The molecule has 3 aromatic rings. The van der Waals surface area contributed by atoms with Crippen LogP contribution in [0.25, 0.3) is 0 Å². The van der Waals surface area contributed by atoms with E-state index in [1.54, 1.807) is 24.3 Å². The SMILES string of the molecule is CC(=O)NC[C@@H](CCl)OC(C)=O.CC(=O)NC[C@H]1CN(c2ccc([C@@H]3CCC4(OCCO4)[C@@H](O[Si](C)(C)C(C)(C)C)C3)c(F)c2)C(=O)O1.CC(C)(C)[Si](C)(C)O[C@H]1C[C@H](c2ccc(NC(=O)OCc3ccccc3)cc2F)CCC12OCCO2. The molecule has 4 amide bonds. The molecule has 5 aliphatic rings. The average Bonchev–Trinajstić information content (AvgIpc) is 4.40. The fourth-order valence-electron chi connectivity index (χ4n) is 10.2. The third-order valence-corrected chi connectivity index (χ3v) is 26.2. The number of hydrogen-bond donors (Lipinski definition) is 3. The van der Waals surface area contributed by atoms with E-state index in [0.717, 1.165) is 18.4 Å². The number of hydrogen-bond acceptors (Lipinski definition) is 14. The highest BCUT2D eigenvalue weighted by atomic mass is 35.5. The van der Waals surface area contributed by atoms with Crippen LogP contribution in [0.5, 0.6) is 0 Å². The van der Waals surface area contributed by atoms with Gasteiger partial charge in [-0.1, -0.05) is 84.0 Å². The summed E-state index contributed by atoms with van der Waals surface area (Å²) >= 11 is 5.47. The smallest absolute Gasteiger partial charge is 0.414 e. The van der Waals surface area contributed by atoms with Gasteiger partial charge in [0.25, 0.3) is 0 Å². The van der Waals surface area contributed by atoms with E-state index in [0.29, 0.717) is 74.6 Å². The lowest BCUT2D eigenvalue weighted by Gasteiger charge is -2.48. The number of nitrogens with one attached hydrogen (secondary N) is 3. The molecular formula is C61H89ClF2N4O14Si2. The van der Waals surface area contributed by atoms with E-state index in [2.05, 4.69) is 83.7 Å². The van der Waals surface area contributed by atoms with Crippen molar-refractivity contribution in [3.8, 4) is 0 Å². The summed E-state index contributed by atoms with van der Waals surface area (Å²) in [7, 11) is -4.23. The molecule has 0 aromatic heterocycles. The van der Waals surface area contributed by atoms with Crippen molar-refractivity contribution in [2.75, 3.05) is 62.2 Å². The summed E-state index contributed by atoms with van der Waals surface area (Å²) < 4.78 is 84.1. The molecule has 2 aliphatic carbocycles. The molecule has 5 fully saturated rings. The third kappa shape index (κ3) is 18.3. The summed E-state index contributed by atoms with van der Waals surface area (Å²) in [5.74, 6) is -2.87. The van der Waals surface area contributed by atoms with Gasteiger partial charge in [-0.05, 0) is 115 Å². The van der Waals surface area contributed by atoms with Gasteiger partial charge in [-0.3, -0.25) is 24.6 Å². The van der Waals surface area contributed by atoms with Gasteiger partial charge in [-0.25, -0.2) is 18.4 Å². The summed E-state index contributed by atoms with van der Waals surface area (Å²) in [5, 5.41) is 7.83. The Morgan fingerprint density at radius 2 is 1.23 bits per heavy atom. The highest BCUT2D eigenvalue weighted by Gasteiger charge is 2.55. The molecule has 466 valence electrons. The number of esters is 1. The van der Waals surface area contributed by atoms with E-state index < -0.39 is 58.6 Å². The second kappa shape index (κ2) is 29.1. The van der Waals surface area contributed by atoms with Gasteiger partial charge < -0.3 is 52.6 Å². The van der Waals surface area contributed by atoms with Crippen LogP contribution in [0, 0.1) is 11.6 Å². The van der Waals surface area contributed by atoms with Crippen molar-refractivity contribution < 1.29 is 74.8 Å². The quantitative estimate of drug-likeness (QED) is 0.0528. The maximum atomic E-state index is 15.5. The minimum absolute atomic E-state index is 0.0226. The Bertz CT molecular complexity index is 2720. The van der Waals surface area contributed by atoms with E-state index in [1.807, 2.05) is 30.3 Å². The summed E-state index contributed by atoms with van der Waals surface area (Å²) in [6.45, 7) is 29.2. The standard InChI is InChI=1S/C28H38FNO5Si.C26H39FN2O6Si.C7H12ClNO3/c1-27(2,3)36(4,5)35-25-17-21(13-14-28(25)33-15-16-34-28)23-12-11-22(18-24(23)29)30-26(31)32-19-20-9-7-6-8-10-20;1-17(30)28-15-20-16-29(24(31)34-20)19-7-8-21(22(27)14-19)18-9-10-26(32-11-12-33-26)23(13-18)35-36(5,6)25(2,3)4;1-5(10)9-4-7(3-8)12-6(2)11/h6-12,18,21,25H,13-17,19H2,1-5H3,(H,30,31);7-8,14,18,20,23H,9-13,15-16H2,1-6H3,(H,28,30);7H,3-4H2,1-2H3,(H,9,10)/t21-,25+;18-,20+,23+;7-/m111/s1. The highest BCUT2D eigenvalue weighted by molar-refractivity contribution is 6.74. The lowest BCUT2D eigenvalue weighted by atomic mass is 9.79. The minimum Gasteiger partial charge on any atom is -0.459 e. The van der Waals surface area contributed by atoms with Crippen LogP contribution in [0.4, 0.5) is 29.7 Å². The molecule has 84 heavy (non-hydrogen) atoms.